The first-order chi connectivity index (χ1) is 7.49. The van der Waals surface area contributed by atoms with E-state index in [4.69, 9.17) is 5.11 Å². The van der Waals surface area contributed by atoms with Crippen molar-refractivity contribution in [3.05, 3.63) is 23.3 Å². The van der Waals surface area contributed by atoms with E-state index >= 15 is 0 Å². The number of amides is 1. The molecular weight excluding hydrogens is 210 g/mol. The fourth-order valence-corrected chi connectivity index (χ4v) is 1.21. The molecule has 0 aliphatic heterocycles. The third kappa shape index (κ3) is 3.64. The molecule has 0 aliphatic carbocycles. The van der Waals surface area contributed by atoms with Crippen LogP contribution in [0.1, 0.15) is 28.4 Å². The maximum Gasteiger partial charge on any atom is 0.305 e. The molecule has 6 heteroatoms. The Kier molecular flexibility index (Phi) is 3.93. The molecule has 0 saturated carbocycles. The number of aryl methyl sites for hydroxylation is 2. The lowest BCUT2D eigenvalue weighted by molar-refractivity contribution is -0.136. The summed E-state index contributed by atoms with van der Waals surface area (Å²) in [5.41, 5.74) is 0.964. The van der Waals surface area contributed by atoms with Crippen molar-refractivity contribution in [1.29, 1.82) is 0 Å². The van der Waals surface area contributed by atoms with Gasteiger partial charge in [-0.15, -0.1) is 0 Å². The van der Waals surface area contributed by atoms with Gasteiger partial charge in [0.05, 0.1) is 6.42 Å². The van der Waals surface area contributed by atoms with Crippen LogP contribution in [-0.2, 0) is 4.79 Å². The number of rotatable bonds is 4. The Morgan fingerprint density at radius 3 is 2.62 bits per heavy atom. The van der Waals surface area contributed by atoms with Crippen molar-refractivity contribution >= 4 is 11.9 Å². The van der Waals surface area contributed by atoms with Crippen LogP contribution in [0.2, 0.25) is 0 Å². The molecule has 1 rings (SSSR count). The Hall–Kier alpha value is -1.98. The zero-order chi connectivity index (χ0) is 12.1. The van der Waals surface area contributed by atoms with Crippen LogP contribution in [0.15, 0.2) is 6.07 Å². The van der Waals surface area contributed by atoms with E-state index < -0.39 is 5.97 Å². The van der Waals surface area contributed by atoms with Gasteiger partial charge in [0, 0.05) is 12.2 Å². The van der Waals surface area contributed by atoms with Gasteiger partial charge in [0.2, 0.25) is 0 Å². The fourth-order valence-electron chi connectivity index (χ4n) is 1.21. The number of nitrogens with one attached hydrogen (secondary N) is 1. The largest absolute Gasteiger partial charge is 0.481 e. The number of aromatic nitrogens is 2. The van der Waals surface area contributed by atoms with Crippen molar-refractivity contribution in [2.45, 2.75) is 20.3 Å². The van der Waals surface area contributed by atoms with Crippen molar-refractivity contribution in [3.63, 3.8) is 0 Å². The summed E-state index contributed by atoms with van der Waals surface area (Å²) in [6.45, 7) is 3.56. The second-order valence-electron chi connectivity index (χ2n) is 3.34. The van der Waals surface area contributed by atoms with Gasteiger partial charge in [0.15, 0.2) is 0 Å². The lowest BCUT2D eigenvalue weighted by atomic mass is 10.3. The molecule has 0 unspecified atom stereocenters. The molecule has 1 aromatic rings. The summed E-state index contributed by atoms with van der Waals surface area (Å²) >= 11 is 0. The number of carbonyl (C=O) groups excluding carboxylic acids is 1. The highest BCUT2D eigenvalue weighted by molar-refractivity contribution is 5.92. The number of carboxylic acid groups (broad SMARTS) is 1. The molecule has 0 fully saturated rings. The molecule has 0 bridgehead atoms. The minimum absolute atomic E-state index is 0.0935. The van der Waals surface area contributed by atoms with E-state index in [9.17, 15) is 9.59 Å². The van der Waals surface area contributed by atoms with Crippen LogP contribution in [0.5, 0.6) is 0 Å². The summed E-state index contributed by atoms with van der Waals surface area (Å²) in [7, 11) is 0. The average Bonchev–Trinajstić information content (AvgIpc) is 2.15. The zero-order valence-electron chi connectivity index (χ0n) is 9.15. The van der Waals surface area contributed by atoms with E-state index in [0.29, 0.717) is 11.5 Å². The van der Waals surface area contributed by atoms with Crippen LogP contribution in [-0.4, -0.2) is 33.5 Å². The summed E-state index contributed by atoms with van der Waals surface area (Å²) in [4.78, 5) is 29.8. The Balaban J connectivity index is 2.62. The van der Waals surface area contributed by atoms with Crippen molar-refractivity contribution in [2.75, 3.05) is 6.54 Å². The van der Waals surface area contributed by atoms with Gasteiger partial charge in [-0.3, -0.25) is 9.59 Å². The van der Waals surface area contributed by atoms with Gasteiger partial charge in [0.1, 0.15) is 11.5 Å². The van der Waals surface area contributed by atoms with Crippen LogP contribution in [0.25, 0.3) is 0 Å². The average molecular weight is 223 g/mol. The highest BCUT2D eigenvalue weighted by Gasteiger charge is 2.09. The van der Waals surface area contributed by atoms with Crippen LogP contribution >= 0.6 is 0 Å². The lowest BCUT2D eigenvalue weighted by Crippen LogP contribution is -2.27. The third-order valence-electron chi connectivity index (χ3n) is 1.82. The van der Waals surface area contributed by atoms with Crippen molar-refractivity contribution < 1.29 is 14.7 Å². The second kappa shape index (κ2) is 5.20. The molecular formula is C10H13N3O3. The molecule has 16 heavy (non-hydrogen) atoms. The third-order valence-corrected chi connectivity index (χ3v) is 1.82. The normalized spacial score (nSPS) is 9.88. The van der Waals surface area contributed by atoms with Crippen molar-refractivity contribution in [3.8, 4) is 0 Å². The number of hydrogen-bond donors (Lipinski definition) is 2. The quantitative estimate of drug-likeness (QED) is 0.765. The predicted molar refractivity (Wildman–Crippen MR) is 56.1 cm³/mol. The van der Waals surface area contributed by atoms with Gasteiger partial charge in [-0.2, -0.15) is 0 Å². The van der Waals surface area contributed by atoms with Gasteiger partial charge in [-0.05, 0) is 19.9 Å². The molecule has 0 saturated heterocycles. The first-order valence-corrected chi connectivity index (χ1v) is 4.81. The van der Waals surface area contributed by atoms with E-state index in [0.717, 1.165) is 0 Å². The van der Waals surface area contributed by atoms with Gasteiger partial charge in [-0.1, -0.05) is 0 Å². The number of aliphatic carboxylic acids is 1. The van der Waals surface area contributed by atoms with Crippen LogP contribution in [0.4, 0.5) is 0 Å². The molecule has 86 valence electrons. The molecule has 0 aliphatic rings. The van der Waals surface area contributed by atoms with Gasteiger partial charge in [0.25, 0.3) is 5.91 Å². The van der Waals surface area contributed by atoms with E-state index in [1.807, 2.05) is 0 Å². The van der Waals surface area contributed by atoms with Gasteiger partial charge >= 0.3 is 5.97 Å². The van der Waals surface area contributed by atoms with Crippen LogP contribution < -0.4 is 5.32 Å². The fraction of sp³-hybridized carbons (Fsp3) is 0.400. The molecule has 2 N–H and O–H groups in total. The minimum atomic E-state index is -0.949. The standard InChI is InChI=1S/C10H13N3O3/c1-6-5-8(13-7(2)12-6)10(16)11-4-3-9(14)15/h5H,3-4H2,1-2H3,(H,11,16)(H,14,15). The maximum absolute atomic E-state index is 11.5. The summed E-state index contributed by atoms with van der Waals surface area (Å²) in [5.74, 6) is -0.811. The first-order valence-electron chi connectivity index (χ1n) is 4.81. The predicted octanol–water partition coefficient (Wildman–Crippen LogP) is 0.298. The van der Waals surface area contributed by atoms with Crippen LogP contribution in [0, 0.1) is 13.8 Å². The van der Waals surface area contributed by atoms with Crippen molar-refractivity contribution in [1.82, 2.24) is 15.3 Å². The summed E-state index contributed by atoms with van der Waals surface area (Å²) in [6.07, 6.45) is -0.102. The Morgan fingerprint density at radius 2 is 2.06 bits per heavy atom. The van der Waals surface area contributed by atoms with E-state index in [1.54, 1.807) is 19.9 Å². The SMILES string of the molecule is Cc1cc(C(=O)NCCC(=O)O)nc(C)n1. The molecule has 1 aromatic heterocycles. The van der Waals surface area contributed by atoms with Crippen LogP contribution in [0.3, 0.4) is 0 Å². The highest BCUT2D eigenvalue weighted by atomic mass is 16.4. The van der Waals surface area contributed by atoms with E-state index in [2.05, 4.69) is 15.3 Å². The van der Waals surface area contributed by atoms with Crippen molar-refractivity contribution in [2.24, 2.45) is 0 Å². The lowest BCUT2D eigenvalue weighted by Gasteiger charge is -2.04. The molecule has 0 atom stereocenters. The smallest absolute Gasteiger partial charge is 0.305 e. The molecule has 0 radical (unpaired) electrons. The number of hydrogen-bond acceptors (Lipinski definition) is 4. The molecule has 6 nitrogen and oxygen atoms in total. The summed E-state index contributed by atoms with van der Waals surface area (Å²) in [5, 5.41) is 10.9. The summed E-state index contributed by atoms with van der Waals surface area (Å²) < 4.78 is 0. The highest BCUT2D eigenvalue weighted by Crippen LogP contribution is 1.99. The van der Waals surface area contributed by atoms with E-state index in [1.165, 1.54) is 0 Å². The van der Waals surface area contributed by atoms with E-state index in [-0.39, 0.29) is 24.6 Å². The monoisotopic (exact) mass is 223 g/mol. The molecule has 0 aromatic carbocycles. The summed E-state index contributed by atoms with van der Waals surface area (Å²) in [6, 6.07) is 1.56. The molecule has 1 heterocycles. The molecule has 0 spiro atoms. The topological polar surface area (TPSA) is 92.2 Å². The number of carbonyl (C=O) groups is 2. The Morgan fingerprint density at radius 1 is 1.38 bits per heavy atom. The van der Waals surface area contributed by atoms with Gasteiger partial charge in [-0.25, -0.2) is 9.97 Å². The Labute approximate surface area is 92.7 Å². The zero-order valence-corrected chi connectivity index (χ0v) is 9.15. The minimum Gasteiger partial charge on any atom is -0.481 e. The first kappa shape index (κ1) is 12.1. The number of carboxylic acids is 1. The van der Waals surface area contributed by atoms with Gasteiger partial charge < -0.3 is 10.4 Å². The second-order valence-corrected chi connectivity index (χ2v) is 3.34. The maximum atomic E-state index is 11.5. The Bertz CT molecular complexity index is 398. The molecule has 1 amide bonds. The number of nitrogens with zero attached hydrogens (tertiary/aromatic N) is 2.